The van der Waals surface area contributed by atoms with Crippen molar-refractivity contribution >= 4 is 5.91 Å². The molecule has 1 amide bonds. The lowest BCUT2D eigenvalue weighted by Crippen LogP contribution is -2.38. The lowest BCUT2D eigenvalue weighted by atomic mass is 9.83. The van der Waals surface area contributed by atoms with E-state index in [1.165, 1.54) is 12.0 Å². The van der Waals surface area contributed by atoms with Crippen LogP contribution in [-0.4, -0.2) is 50.4 Å². The first-order valence-corrected chi connectivity index (χ1v) is 10.6. The number of aryl methyl sites for hydroxylation is 1. The van der Waals surface area contributed by atoms with Gasteiger partial charge in [-0.15, -0.1) is 0 Å². The number of fused-ring (bicyclic) bond motifs is 1. The quantitative estimate of drug-likeness (QED) is 0.740. The fraction of sp³-hybridized carbons (Fsp3) is 0.565. The topological polar surface area (TPSA) is 74.0 Å². The molecule has 1 aliphatic carbocycles. The normalized spacial score (nSPS) is 19.3. The molecular formula is C23H30N2O5. The number of nitrogens with zero attached hydrogens (tertiary/aromatic N) is 2. The molecule has 0 saturated carbocycles. The molecule has 1 atom stereocenters. The van der Waals surface area contributed by atoms with Crippen molar-refractivity contribution in [1.82, 2.24) is 10.1 Å². The smallest absolute Gasteiger partial charge is 0.254 e. The van der Waals surface area contributed by atoms with Crippen LogP contribution in [0.15, 0.2) is 16.7 Å². The van der Waals surface area contributed by atoms with Crippen molar-refractivity contribution in [2.45, 2.75) is 44.9 Å². The number of rotatable bonds is 5. The summed E-state index contributed by atoms with van der Waals surface area (Å²) in [6, 6.07) is 3.42. The fourth-order valence-corrected chi connectivity index (χ4v) is 4.66. The second-order valence-corrected chi connectivity index (χ2v) is 8.30. The third kappa shape index (κ3) is 3.73. The third-order valence-electron chi connectivity index (χ3n) is 6.39. The second kappa shape index (κ2) is 8.58. The fourth-order valence-electron chi connectivity index (χ4n) is 4.66. The second-order valence-electron chi connectivity index (χ2n) is 8.30. The molecular weight excluding hydrogens is 384 g/mol. The third-order valence-corrected chi connectivity index (χ3v) is 6.39. The zero-order valence-corrected chi connectivity index (χ0v) is 18.2. The van der Waals surface area contributed by atoms with Gasteiger partial charge in [0.15, 0.2) is 11.5 Å². The summed E-state index contributed by atoms with van der Waals surface area (Å²) in [5.74, 6) is 3.49. The standard InChI is InChI=1S/C23H30N2O5/c1-14-5-6-18-17(11-14)21(30-24-18)15-7-9-25(10-8-15)23(26)16-12-19(27-2)22(29-4)20(13-16)28-3/h12-15H,5-11H2,1-4H3. The number of hydrogen-bond acceptors (Lipinski definition) is 6. The van der Waals surface area contributed by atoms with E-state index in [1.807, 2.05) is 4.90 Å². The van der Waals surface area contributed by atoms with Crippen LogP contribution in [0.1, 0.15) is 59.5 Å². The van der Waals surface area contributed by atoms with Gasteiger partial charge in [0, 0.05) is 30.1 Å². The molecule has 1 unspecified atom stereocenters. The van der Waals surface area contributed by atoms with Crippen LogP contribution in [0.5, 0.6) is 17.2 Å². The number of piperidine rings is 1. The Morgan fingerprint density at radius 3 is 2.33 bits per heavy atom. The number of benzene rings is 1. The SMILES string of the molecule is COc1cc(C(=O)N2CCC(c3onc4c3CC(C)CC4)CC2)cc(OC)c1OC. The molecule has 0 spiro atoms. The molecule has 2 heterocycles. The molecule has 1 aromatic carbocycles. The molecule has 1 saturated heterocycles. The average Bonchev–Trinajstić information content (AvgIpc) is 3.20. The van der Waals surface area contributed by atoms with Crippen LogP contribution in [-0.2, 0) is 12.8 Å². The largest absolute Gasteiger partial charge is 0.493 e. The van der Waals surface area contributed by atoms with Crippen molar-refractivity contribution in [2.75, 3.05) is 34.4 Å². The molecule has 0 N–H and O–H groups in total. The molecule has 4 rings (SSSR count). The molecule has 7 heteroatoms. The lowest BCUT2D eigenvalue weighted by molar-refractivity contribution is 0.0705. The van der Waals surface area contributed by atoms with Gasteiger partial charge in [-0.05, 0) is 50.2 Å². The van der Waals surface area contributed by atoms with E-state index in [1.54, 1.807) is 33.5 Å². The Morgan fingerprint density at radius 1 is 1.07 bits per heavy atom. The van der Waals surface area contributed by atoms with E-state index >= 15 is 0 Å². The molecule has 2 aliphatic rings. The van der Waals surface area contributed by atoms with Gasteiger partial charge < -0.3 is 23.6 Å². The van der Waals surface area contributed by atoms with Crippen LogP contribution in [0.3, 0.4) is 0 Å². The van der Waals surface area contributed by atoms with Crippen LogP contribution < -0.4 is 14.2 Å². The molecule has 0 bridgehead atoms. The molecule has 0 radical (unpaired) electrons. The lowest BCUT2D eigenvalue weighted by Gasteiger charge is -2.32. The minimum Gasteiger partial charge on any atom is -0.493 e. The summed E-state index contributed by atoms with van der Waals surface area (Å²) < 4.78 is 21.9. The Labute approximate surface area is 177 Å². The number of amides is 1. The van der Waals surface area contributed by atoms with Crippen LogP contribution in [0.25, 0.3) is 0 Å². The highest BCUT2D eigenvalue weighted by atomic mass is 16.5. The maximum Gasteiger partial charge on any atom is 0.254 e. The number of hydrogen-bond donors (Lipinski definition) is 0. The maximum atomic E-state index is 13.1. The van der Waals surface area contributed by atoms with Crippen molar-refractivity contribution in [2.24, 2.45) is 5.92 Å². The molecule has 7 nitrogen and oxygen atoms in total. The van der Waals surface area contributed by atoms with Crippen molar-refractivity contribution < 1.29 is 23.5 Å². The van der Waals surface area contributed by atoms with E-state index in [9.17, 15) is 4.79 Å². The number of carbonyl (C=O) groups excluding carboxylic acids is 1. The number of carbonyl (C=O) groups is 1. The van der Waals surface area contributed by atoms with Gasteiger partial charge >= 0.3 is 0 Å². The molecule has 1 fully saturated rings. The van der Waals surface area contributed by atoms with Gasteiger partial charge in [-0.25, -0.2) is 0 Å². The van der Waals surface area contributed by atoms with Gasteiger partial charge in [-0.2, -0.15) is 0 Å². The van der Waals surface area contributed by atoms with Crippen molar-refractivity contribution in [3.05, 3.63) is 34.7 Å². The summed E-state index contributed by atoms with van der Waals surface area (Å²) in [5, 5.41) is 4.33. The minimum atomic E-state index is -0.0269. The Bertz CT molecular complexity index is 889. The summed E-state index contributed by atoms with van der Waals surface area (Å²) in [6.45, 7) is 3.66. The van der Waals surface area contributed by atoms with Crippen LogP contribution in [0.4, 0.5) is 0 Å². The van der Waals surface area contributed by atoms with Crippen LogP contribution in [0, 0.1) is 5.92 Å². The first kappa shape index (κ1) is 20.6. The van der Waals surface area contributed by atoms with Crippen molar-refractivity contribution in [3.63, 3.8) is 0 Å². The highest BCUT2D eigenvalue weighted by molar-refractivity contribution is 5.95. The molecule has 1 aromatic heterocycles. The predicted octanol–water partition coefficient (Wildman–Crippen LogP) is 3.85. The predicted molar refractivity (Wildman–Crippen MR) is 112 cm³/mol. The van der Waals surface area contributed by atoms with Gasteiger partial charge in [0.05, 0.1) is 27.0 Å². The zero-order valence-electron chi connectivity index (χ0n) is 18.2. The van der Waals surface area contributed by atoms with E-state index in [0.717, 1.165) is 37.1 Å². The van der Waals surface area contributed by atoms with Gasteiger partial charge in [0.2, 0.25) is 5.75 Å². The van der Waals surface area contributed by atoms with Crippen LogP contribution in [0.2, 0.25) is 0 Å². The minimum absolute atomic E-state index is 0.0269. The molecule has 2 aromatic rings. The summed E-state index contributed by atoms with van der Waals surface area (Å²) in [5.41, 5.74) is 3.00. The molecule has 162 valence electrons. The van der Waals surface area contributed by atoms with Gasteiger partial charge in [0.25, 0.3) is 5.91 Å². The maximum absolute atomic E-state index is 13.1. The Morgan fingerprint density at radius 2 is 1.73 bits per heavy atom. The summed E-state index contributed by atoms with van der Waals surface area (Å²) in [6.07, 6.45) is 5.01. The number of methoxy groups -OCH3 is 3. The van der Waals surface area contributed by atoms with E-state index in [2.05, 4.69) is 12.1 Å². The number of likely N-dealkylation sites (tertiary alicyclic amines) is 1. The van der Waals surface area contributed by atoms with Crippen LogP contribution >= 0.6 is 0 Å². The molecule has 1 aliphatic heterocycles. The summed E-state index contributed by atoms with van der Waals surface area (Å²) in [4.78, 5) is 15.0. The number of aromatic nitrogens is 1. The van der Waals surface area contributed by atoms with Crippen molar-refractivity contribution in [3.8, 4) is 17.2 Å². The first-order chi connectivity index (χ1) is 14.5. The highest BCUT2D eigenvalue weighted by Crippen LogP contribution is 2.40. The van der Waals surface area contributed by atoms with E-state index in [-0.39, 0.29) is 5.91 Å². The summed E-state index contributed by atoms with van der Waals surface area (Å²) in [7, 11) is 4.65. The Balaban J connectivity index is 1.47. The van der Waals surface area contributed by atoms with Gasteiger partial charge in [-0.1, -0.05) is 12.1 Å². The molecule has 30 heavy (non-hydrogen) atoms. The van der Waals surface area contributed by atoms with Gasteiger partial charge in [-0.3, -0.25) is 4.79 Å². The van der Waals surface area contributed by atoms with E-state index < -0.39 is 0 Å². The highest BCUT2D eigenvalue weighted by Gasteiger charge is 2.32. The Kier molecular flexibility index (Phi) is 5.88. The number of ether oxygens (including phenoxy) is 3. The Hall–Kier alpha value is -2.70. The van der Waals surface area contributed by atoms with Gasteiger partial charge in [0.1, 0.15) is 5.76 Å². The summed E-state index contributed by atoms with van der Waals surface area (Å²) >= 11 is 0. The zero-order chi connectivity index (χ0) is 21.3. The van der Waals surface area contributed by atoms with Crippen molar-refractivity contribution in [1.29, 1.82) is 0 Å². The van der Waals surface area contributed by atoms with E-state index in [0.29, 0.717) is 47.7 Å². The average molecular weight is 415 g/mol. The first-order valence-electron chi connectivity index (χ1n) is 10.6. The van der Waals surface area contributed by atoms with E-state index in [4.69, 9.17) is 18.7 Å². The monoisotopic (exact) mass is 414 g/mol.